The first-order valence-corrected chi connectivity index (χ1v) is 2.59. The fourth-order valence-electron chi connectivity index (χ4n) is 0.397. The third-order valence-corrected chi connectivity index (χ3v) is 0.847. The summed E-state index contributed by atoms with van der Waals surface area (Å²) in [5.74, 6) is -1.13. The number of aliphatic hydroxyl groups excluding tert-OH is 1. The van der Waals surface area contributed by atoms with Gasteiger partial charge in [-0.3, -0.25) is 0 Å². The maximum absolute atomic E-state index is 9.84. The van der Waals surface area contributed by atoms with Crippen LogP contribution in [0, 0.1) is 0 Å². The van der Waals surface area contributed by atoms with E-state index in [1.165, 1.54) is 0 Å². The molecule has 0 spiro atoms. The van der Waals surface area contributed by atoms with E-state index < -0.39 is 12.1 Å². The molecule has 2 N–H and O–H groups in total. The quantitative estimate of drug-likeness (QED) is 0.557. The summed E-state index contributed by atoms with van der Waals surface area (Å²) in [5, 5.41) is 16.6. The molecule has 0 heterocycles. The van der Waals surface area contributed by atoms with Gasteiger partial charge < -0.3 is 10.2 Å². The fourth-order valence-corrected chi connectivity index (χ4v) is 0.397. The van der Waals surface area contributed by atoms with Crippen molar-refractivity contribution in [3.05, 3.63) is 0 Å². The minimum atomic E-state index is -1.17. The van der Waals surface area contributed by atoms with E-state index in [-0.39, 0.29) is 0 Å². The number of aliphatic carboxylic acids is 1. The van der Waals surface area contributed by atoms with E-state index in [1.54, 1.807) is 0 Å². The lowest BCUT2D eigenvalue weighted by molar-refractivity contribution is -0.146. The Hall–Kier alpha value is -0.570. The zero-order valence-electron chi connectivity index (χ0n) is 4.79. The van der Waals surface area contributed by atoms with Gasteiger partial charge in [0.2, 0.25) is 0 Å². The topological polar surface area (TPSA) is 57.5 Å². The van der Waals surface area contributed by atoms with Crippen molar-refractivity contribution in [2.24, 2.45) is 0 Å². The Morgan fingerprint density at radius 2 is 2.25 bits per heavy atom. The van der Waals surface area contributed by atoms with Gasteiger partial charge in [-0.15, -0.1) is 0 Å². The highest BCUT2D eigenvalue weighted by atomic mass is 16.4. The molecule has 0 aliphatic heterocycles. The van der Waals surface area contributed by atoms with E-state index in [4.69, 9.17) is 10.2 Å². The lowest BCUT2D eigenvalue weighted by Gasteiger charge is -1.99. The van der Waals surface area contributed by atoms with E-state index in [0.29, 0.717) is 12.8 Å². The molecule has 48 valence electrons. The Bertz CT molecular complexity index is 79.7. The molecule has 0 radical (unpaired) electrons. The molecule has 0 unspecified atom stereocenters. The van der Waals surface area contributed by atoms with Crippen molar-refractivity contribution < 1.29 is 15.0 Å². The number of carboxylic acid groups (broad SMARTS) is 1. The normalized spacial score (nSPS) is 13.2. The summed E-state index contributed by atoms with van der Waals surface area (Å²) >= 11 is 0. The molecule has 0 amide bonds. The number of carboxylic acids is 1. The molecule has 0 aromatic carbocycles. The van der Waals surface area contributed by atoms with Crippen molar-refractivity contribution >= 4 is 5.97 Å². The fraction of sp³-hybridized carbons (Fsp3) is 0.800. The average Bonchev–Trinajstić information content (AvgIpc) is 1.67. The molecular formula is C5H10O3. The largest absolute Gasteiger partial charge is 0.479 e. The summed E-state index contributed by atoms with van der Waals surface area (Å²) in [4.78, 5) is 9.84. The minimum Gasteiger partial charge on any atom is -0.479 e. The molecule has 0 rings (SSSR count). The van der Waals surface area contributed by atoms with Crippen LogP contribution in [0.25, 0.3) is 0 Å². The van der Waals surface area contributed by atoms with E-state index in [1.807, 2.05) is 6.92 Å². The highest BCUT2D eigenvalue weighted by Crippen LogP contribution is 1.93. The second-order valence-electron chi connectivity index (χ2n) is 1.64. The Morgan fingerprint density at radius 3 is 2.38 bits per heavy atom. The smallest absolute Gasteiger partial charge is 0.332 e. The molecule has 0 saturated heterocycles. The van der Waals surface area contributed by atoms with Crippen molar-refractivity contribution in [1.29, 1.82) is 0 Å². The van der Waals surface area contributed by atoms with Crippen LogP contribution in [0.5, 0.6) is 0 Å². The molecule has 3 nitrogen and oxygen atoms in total. The molecule has 0 aliphatic rings. The molecule has 0 saturated carbocycles. The van der Waals surface area contributed by atoms with Crippen LogP contribution in [0.1, 0.15) is 19.8 Å². The van der Waals surface area contributed by atoms with Crippen LogP contribution in [-0.4, -0.2) is 22.3 Å². The molecule has 0 aromatic rings. The first-order chi connectivity index (χ1) is 3.68. The van der Waals surface area contributed by atoms with Crippen LogP contribution in [-0.2, 0) is 4.79 Å². The predicted molar refractivity (Wildman–Crippen MR) is 28.6 cm³/mol. The molecule has 0 fully saturated rings. The van der Waals surface area contributed by atoms with Gasteiger partial charge >= 0.3 is 5.97 Å². The summed E-state index contributed by atoms with van der Waals surface area (Å²) < 4.78 is 0. The van der Waals surface area contributed by atoms with E-state index >= 15 is 0 Å². The Balaban J connectivity index is 3.32. The molecule has 3 heteroatoms. The summed E-state index contributed by atoms with van der Waals surface area (Å²) in [6, 6.07) is 0. The van der Waals surface area contributed by atoms with E-state index in [9.17, 15) is 4.79 Å². The van der Waals surface area contributed by atoms with E-state index in [0.717, 1.165) is 0 Å². The van der Waals surface area contributed by atoms with Crippen LogP contribution < -0.4 is 0 Å². The van der Waals surface area contributed by atoms with Crippen LogP contribution in [0.4, 0.5) is 0 Å². The van der Waals surface area contributed by atoms with E-state index in [2.05, 4.69) is 0 Å². The highest BCUT2D eigenvalue weighted by molar-refractivity contribution is 5.71. The van der Waals surface area contributed by atoms with Gasteiger partial charge in [0, 0.05) is 0 Å². The van der Waals surface area contributed by atoms with Crippen LogP contribution in [0.3, 0.4) is 0 Å². The van der Waals surface area contributed by atoms with Crippen LogP contribution >= 0.6 is 0 Å². The van der Waals surface area contributed by atoms with Crippen molar-refractivity contribution in [3.63, 3.8) is 0 Å². The molecular weight excluding hydrogens is 108 g/mol. The van der Waals surface area contributed by atoms with Crippen molar-refractivity contribution in [1.82, 2.24) is 0 Å². The van der Waals surface area contributed by atoms with Crippen molar-refractivity contribution in [2.45, 2.75) is 25.9 Å². The first kappa shape index (κ1) is 7.43. The van der Waals surface area contributed by atoms with Gasteiger partial charge in [0.15, 0.2) is 6.10 Å². The first-order valence-electron chi connectivity index (χ1n) is 2.59. The maximum atomic E-state index is 9.84. The minimum absolute atomic E-state index is 0.343. The van der Waals surface area contributed by atoms with Gasteiger partial charge in [-0.2, -0.15) is 0 Å². The van der Waals surface area contributed by atoms with Crippen molar-refractivity contribution in [2.75, 3.05) is 0 Å². The maximum Gasteiger partial charge on any atom is 0.332 e. The summed E-state index contributed by atoms with van der Waals surface area (Å²) in [6.07, 6.45) is -0.122. The average molecular weight is 118 g/mol. The van der Waals surface area contributed by atoms with Crippen molar-refractivity contribution in [3.8, 4) is 0 Å². The lowest BCUT2D eigenvalue weighted by atomic mass is 10.2. The Morgan fingerprint density at radius 1 is 1.75 bits per heavy atom. The van der Waals surface area contributed by atoms with Crippen LogP contribution in [0.15, 0.2) is 0 Å². The standard InChI is InChI=1S/C5H10O3/c1-2-3-4(6)5(7)8/h4,6H,2-3H2,1H3,(H,7,8)/t4-/m0/s1. The van der Waals surface area contributed by atoms with Crippen LogP contribution in [0.2, 0.25) is 0 Å². The number of hydrogen-bond acceptors (Lipinski definition) is 2. The zero-order chi connectivity index (χ0) is 6.57. The molecule has 0 bridgehead atoms. The monoisotopic (exact) mass is 118 g/mol. The summed E-state index contributed by atoms with van der Waals surface area (Å²) in [6.45, 7) is 1.83. The number of carbonyl (C=O) groups is 1. The Kier molecular flexibility index (Phi) is 3.19. The summed E-state index contributed by atoms with van der Waals surface area (Å²) in [7, 11) is 0. The number of rotatable bonds is 3. The summed E-state index contributed by atoms with van der Waals surface area (Å²) in [5.41, 5.74) is 0. The Labute approximate surface area is 47.9 Å². The van der Waals surface area contributed by atoms with Gasteiger partial charge in [-0.05, 0) is 6.42 Å². The predicted octanol–water partition coefficient (Wildman–Crippen LogP) is 0.232. The van der Waals surface area contributed by atoms with Gasteiger partial charge in [-0.25, -0.2) is 4.79 Å². The molecule has 1 atom stereocenters. The van der Waals surface area contributed by atoms with Gasteiger partial charge in [0.1, 0.15) is 0 Å². The SMILES string of the molecule is CCC[C@H](O)C(=O)O. The second kappa shape index (κ2) is 3.43. The van der Waals surface area contributed by atoms with Gasteiger partial charge in [0.25, 0.3) is 0 Å². The lowest BCUT2D eigenvalue weighted by Crippen LogP contribution is -2.18. The highest BCUT2D eigenvalue weighted by Gasteiger charge is 2.09. The number of hydrogen-bond donors (Lipinski definition) is 2. The molecule has 0 aromatic heterocycles. The third-order valence-electron chi connectivity index (χ3n) is 0.847. The van der Waals surface area contributed by atoms with Gasteiger partial charge in [0.05, 0.1) is 0 Å². The zero-order valence-corrected chi connectivity index (χ0v) is 4.79. The molecule has 0 aliphatic carbocycles. The van der Waals surface area contributed by atoms with Gasteiger partial charge in [-0.1, -0.05) is 13.3 Å². The second-order valence-corrected chi connectivity index (χ2v) is 1.64. The molecule has 8 heavy (non-hydrogen) atoms. The third kappa shape index (κ3) is 2.58. The number of aliphatic hydroxyl groups is 1.